The van der Waals surface area contributed by atoms with Gasteiger partial charge in [0.25, 0.3) is 0 Å². The summed E-state index contributed by atoms with van der Waals surface area (Å²) in [5.74, 6) is -4.50. The number of piperazine rings is 1. The summed E-state index contributed by atoms with van der Waals surface area (Å²) in [5, 5.41) is 26.3. The fourth-order valence-corrected chi connectivity index (χ4v) is 6.20. The number of alkyl halides is 6. The van der Waals surface area contributed by atoms with Crippen LogP contribution in [0.2, 0.25) is 0 Å². The molecule has 2 aliphatic heterocycles. The van der Waals surface area contributed by atoms with E-state index >= 15 is 0 Å². The summed E-state index contributed by atoms with van der Waals surface area (Å²) in [6.07, 6.45) is -9.36. The molecule has 3 heterocycles. The maximum atomic E-state index is 13.0. The van der Waals surface area contributed by atoms with E-state index in [1.165, 1.54) is 5.56 Å². The summed E-state index contributed by atoms with van der Waals surface area (Å²) >= 11 is 0. The summed E-state index contributed by atoms with van der Waals surface area (Å²) in [7, 11) is 3.85. The van der Waals surface area contributed by atoms with Crippen LogP contribution in [-0.4, -0.2) is 101 Å². The molecular weight excluding hydrogens is 688 g/mol. The molecule has 0 bridgehead atoms. The van der Waals surface area contributed by atoms with Gasteiger partial charge in [0.05, 0.1) is 23.7 Å². The molecule has 2 atom stereocenters. The molecule has 272 valence electrons. The predicted molar refractivity (Wildman–Crippen MR) is 172 cm³/mol. The van der Waals surface area contributed by atoms with Gasteiger partial charge in [-0.15, -0.1) is 0 Å². The first-order valence-electron chi connectivity index (χ1n) is 15.5. The van der Waals surface area contributed by atoms with Crippen molar-refractivity contribution in [1.82, 2.24) is 20.0 Å². The molecule has 0 radical (unpaired) electrons. The van der Waals surface area contributed by atoms with E-state index in [2.05, 4.69) is 74.8 Å². The van der Waals surface area contributed by atoms with Crippen LogP contribution in [0, 0.1) is 0 Å². The van der Waals surface area contributed by atoms with E-state index < -0.39 is 29.7 Å². The van der Waals surface area contributed by atoms with Crippen LogP contribution >= 0.6 is 0 Å². The van der Waals surface area contributed by atoms with Crippen LogP contribution in [0.15, 0.2) is 60.7 Å². The zero-order chi connectivity index (χ0) is 37.3. The van der Waals surface area contributed by atoms with Gasteiger partial charge in [-0.05, 0) is 54.4 Å². The summed E-state index contributed by atoms with van der Waals surface area (Å²) < 4.78 is 68.9. The van der Waals surface area contributed by atoms with Crippen LogP contribution in [0.5, 0.6) is 5.75 Å². The Morgan fingerprint density at radius 1 is 0.922 bits per heavy atom. The van der Waals surface area contributed by atoms with E-state index in [1.807, 2.05) is 18.2 Å². The number of methoxy groups -OCH3 is 1. The number of ether oxygens (including phenoxy) is 1. The number of carboxylic acids is 2. The Labute approximate surface area is 286 Å². The van der Waals surface area contributed by atoms with Crippen molar-refractivity contribution in [2.75, 3.05) is 45.7 Å². The lowest BCUT2D eigenvalue weighted by Crippen LogP contribution is -2.43. The van der Waals surface area contributed by atoms with Gasteiger partial charge in [-0.2, -0.15) is 31.4 Å². The minimum absolute atomic E-state index is 0.0859. The number of carbonyl (C=O) groups is 3. The molecule has 51 heavy (non-hydrogen) atoms. The molecule has 1 saturated carbocycles. The highest BCUT2D eigenvalue weighted by Crippen LogP contribution is 2.65. The van der Waals surface area contributed by atoms with Crippen molar-refractivity contribution in [2.24, 2.45) is 0 Å². The molecule has 17 heteroatoms. The predicted octanol–water partition coefficient (Wildman–Crippen LogP) is 5.63. The number of aromatic amines is 1. The van der Waals surface area contributed by atoms with Crippen molar-refractivity contribution in [3.63, 3.8) is 0 Å². The fourth-order valence-electron chi connectivity index (χ4n) is 6.20. The number of nitrogens with one attached hydrogen (secondary N) is 2. The summed E-state index contributed by atoms with van der Waals surface area (Å²) in [6.45, 7) is 5.49. The molecule has 1 saturated heterocycles. The Hall–Kier alpha value is -5.16. The van der Waals surface area contributed by atoms with Crippen molar-refractivity contribution < 1.29 is 55.7 Å². The number of carboxylic acid groups (broad SMARTS) is 2. The average molecular weight is 722 g/mol. The molecule has 1 amide bonds. The minimum atomic E-state index is -5.08. The molecule has 7 rings (SSSR count). The van der Waals surface area contributed by atoms with Gasteiger partial charge in [-0.1, -0.05) is 36.4 Å². The molecule has 0 unspecified atom stereocenters. The van der Waals surface area contributed by atoms with E-state index in [-0.39, 0.29) is 11.8 Å². The average Bonchev–Trinajstić information content (AvgIpc) is 3.60. The van der Waals surface area contributed by atoms with E-state index in [1.54, 1.807) is 7.11 Å². The fraction of sp³-hybridized carbons (Fsp3) is 0.353. The third-order valence-corrected chi connectivity index (χ3v) is 9.03. The van der Waals surface area contributed by atoms with Gasteiger partial charge < -0.3 is 25.2 Å². The minimum Gasteiger partial charge on any atom is -0.497 e. The first kappa shape index (κ1) is 37.1. The number of hydrogen-bond donors (Lipinski definition) is 4. The molecule has 11 nitrogen and oxygen atoms in total. The van der Waals surface area contributed by atoms with Crippen LogP contribution in [0.3, 0.4) is 0 Å². The van der Waals surface area contributed by atoms with Crippen molar-refractivity contribution >= 4 is 34.4 Å². The largest absolute Gasteiger partial charge is 0.497 e. The highest BCUT2D eigenvalue weighted by Gasteiger charge is 2.65. The number of nitrogens with zero attached hydrogens (tertiary/aromatic N) is 3. The van der Waals surface area contributed by atoms with E-state index in [0.29, 0.717) is 0 Å². The third kappa shape index (κ3) is 8.09. The summed E-state index contributed by atoms with van der Waals surface area (Å²) in [4.78, 5) is 35.7. The Bertz CT molecular complexity index is 1900. The van der Waals surface area contributed by atoms with Gasteiger partial charge >= 0.3 is 24.3 Å². The van der Waals surface area contributed by atoms with Crippen LogP contribution in [-0.2, 0) is 26.3 Å². The number of likely N-dealkylation sites (N-methyl/N-ethyl adjacent to an activating group) is 1. The van der Waals surface area contributed by atoms with Gasteiger partial charge in [0, 0.05) is 55.3 Å². The number of fused-ring (bicyclic) bond motifs is 3. The Kier molecular flexibility index (Phi) is 10.3. The molecule has 1 aliphatic carbocycles. The van der Waals surface area contributed by atoms with Crippen LogP contribution in [0.25, 0.3) is 22.2 Å². The quantitative estimate of drug-likeness (QED) is 0.193. The monoisotopic (exact) mass is 721 g/mol. The number of amides is 1. The normalized spacial score (nSPS) is 20.1. The smallest absolute Gasteiger partial charge is 0.490 e. The molecule has 2 fully saturated rings. The lowest BCUT2D eigenvalue weighted by atomic mass is 9.91. The first-order valence-corrected chi connectivity index (χ1v) is 15.5. The van der Waals surface area contributed by atoms with Crippen LogP contribution < -0.4 is 10.1 Å². The molecule has 3 aliphatic rings. The molecule has 1 aromatic heterocycles. The van der Waals surface area contributed by atoms with Crippen molar-refractivity contribution in [3.05, 3.63) is 77.4 Å². The standard InChI is InChI=1S/C30H31N5O2.2C2HF3O2/c1-34-11-13-35(14-12-34)18-19-3-5-20(6-4-19)28-23-9-7-21(15-27(23)32-33-28)25-17-30(25)24-16-22(37-2)8-10-26(24)31-29(30)36;2*3-2(4,5)1(6)7/h3-10,15-16,25H,11-14,17-18H2,1-2H3,(H,31,36)(H,32,33);2*(H,6,7)/t25-,30-;;/m0../s1. The third-order valence-electron chi connectivity index (χ3n) is 9.03. The molecular formula is C34H33F6N5O6. The first-order chi connectivity index (χ1) is 23.9. The van der Waals surface area contributed by atoms with E-state index in [4.69, 9.17) is 24.5 Å². The SMILES string of the molecule is COc1ccc2c(c1)[C@]1(C[C@H]1c1ccc3c(-c4ccc(CN5CCN(C)CC5)cc4)n[nH]c3c1)C(=O)N2.O=C(O)C(F)(F)F.O=C(O)C(F)(F)F. The lowest BCUT2D eigenvalue weighted by Gasteiger charge is -2.32. The number of rotatable bonds is 5. The van der Waals surface area contributed by atoms with E-state index in [0.717, 1.165) is 83.9 Å². The van der Waals surface area contributed by atoms with Crippen LogP contribution in [0.4, 0.5) is 32.0 Å². The molecule has 4 N–H and O–H groups in total. The van der Waals surface area contributed by atoms with Crippen molar-refractivity contribution in [2.45, 2.75) is 36.7 Å². The second kappa shape index (κ2) is 14.2. The van der Waals surface area contributed by atoms with Gasteiger partial charge in [0.15, 0.2) is 0 Å². The number of anilines is 1. The Balaban J connectivity index is 0.000000307. The maximum absolute atomic E-state index is 13.0. The molecule has 3 aromatic carbocycles. The number of carbonyl (C=O) groups excluding carboxylic acids is 1. The molecule has 4 aromatic rings. The van der Waals surface area contributed by atoms with Crippen molar-refractivity contribution in [3.8, 4) is 17.0 Å². The number of halogens is 6. The number of aliphatic carboxylic acids is 2. The second-order valence-corrected chi connectivity index (χ2v) is 12.4. The van der Waals surface area contributed by atoms with Crippen LogP contribution in [0.1, 0.15) is 29.0 Å². The second-order valence-electron chi connectivity index (χ2n) is 12.4. The van der Waals surface area contributed by atoms with Gasteiger partial charge in [-0.25, -0.2) is 9.59 Å². The number of hydrogen-bond acceptors (Lipinski definition) is 7. The van der Waals surface area contributed by atoms with Gasteiger partial charge in [0.1, 0.15) is 5.75 Å². The summed E-state index contributed by atoms with van der Waals surface area (Å²) in [6, 6.07) is 21.1. The zero-order valence-electron chi connectivity index (χ0n) is 27.2. The summed E-state index contributed by atoms with van der Waals surface area (Å²) in [5.41, 5.74) is 7.02. The zero-order valence-corrected chi connectivity index (χ0v) is 27.2. The van der Waals surface area contributed by atoms with E-state index in [9.17, 15) is 31.1 Å². The number of benzene rings is 3. The highest BCUT2D eigenvalue weighted by molar-refractivity contribution is 6.10. The highest BCUT2D eigenvalue weighted by atomic mass is 19.4. The topological polar surface area (TPSA) is 148 Å². The molecule has 1 spiro atoms. The Morgan fingerprint density at radius 3 is 2.10 bits per heavy atom. The lowest BCUT2D eigenvalue weighted by molar-refractivity contribution is -0.193. The number of H-pyrrole nitrogens is 1. The Morgan fingerprint density at radius 2 is 1.53 bits per heavy atom. The van der Waals surface area contributed by atoms with Gasteiger partial charge in [-0.3, -0.25) is 14.8 Å². The van der Waals surface area contributed by atoms with Crippen molar-refractivity contribution in [1.29, 1.82) is 0 Å². The van der Waals surface area contributed by atoms with Gasteiger partial charge in [0.2, 0.25) is 5.91 Å². The number of aromatic nitrogens is 2. The maximum Gasteiger partial charge on any atom is 0.490 e.